The zero-order valence-electron chi connectivity index (χ0n) is 13.0. The summed E-state index contributed by atoms with van der Waals surface area (Å²) in [5.74, 6) is 0. The average Bonchev–Trinajstić information content (AvgIpc) is 2.46. The van der Waals surface area contributed by atoms with Crippen LogP contribution in [0.2, 0.25) is 0 Å². The average molecular weight is 256 g/mol. The van der Waals surface area contributed by atoms with Crippen molar-refractivity contribution in [2.24, 2.45) is 0 Å². The maximum absolute atomic E-state index is 2.29. The van der Waals surface area contributed by atoms with Gasteiger partial charge in [0.25, 0.3) is 0 Å². The van der Waals surface area contributed by atoms with E-state index in [1.807, 2.05) is 0 Å². The van der Waals surface area contributed by atoms with Crippen LogP contribution in [0.5, 0.6) is 0 Å². The minimum atomic E-state index is 1.08. The van der Waals surface area contributed by atoms with Gasteiger partial charge in [-0.3, -0.25) is 0 Å². The van der Waals surface area contributed by atoms with Gasteiger partial charge in [-0.2, -0.15) is 0 Å². The molecule has 0 N–H and O–H groups in total. The monoisotopic (exact) mass is 256 g/mol. The molecule has 0 saturated carbocycles. The van der Waals surface area contributed by atoms with E-state index in [1.54, 1.807) is 5.57 Å². The van der Waals surface area contributed by atoms with Crippen molar-refractivity contribution in [1.29, 1.82) is 0 Å². The Bertz CT molecular complexity index is 425. The third kappa shape index (κ3) is 4.70. The van der Waals surface area contributed by atoms with Gasteiger partial charge in [0.15, 0.2) is 0 Å². The van der Waals surface area contributed by atoms with Crippen LogP contribution in [-0.2, 0) is 0 Å². The predicted molar refractivity (Wildman–Crippen MR) is 87.3 cm³/mol. The third-order valence-corrected chi connectivity index (χ3v) is 3.73. The van der Waals surface area contributed by atoms with Gasteiger partial charge in [0, 0.05) is 0 Å². The Kier molecular flexibility index (Phi) is 7.25. The summed E-state index contributed by atoms with van der Waals surface area (Å²) in [7, 11) is 0. The van der Waals surface area contributed by atoms with Gasteiger partial charge < -0.3 is 0 Å². The summed E-state index contributed by atoms with van der Waals surface area (Å²) in [6, 6.07) is 0. The van der Waals surface area contributed by atoms with E-state index < -0.39 is 0 Å². The van der Waals surface area contributed by atoms with Gasteiger partial charge in [-0.25, -0.2) is 0 Å². The minimum Gasteiger partial charge on any atom is -0.0874 e. The summed E-state index contributed by atoms with van der Waals surface area (Å²) in [5.41, 5.74) is 6.04. The lowest BCUT2D eigenvalue weighted by Crippen LogP contribution is -1.97. The molecule has 0 aliphatic heterocycles. The predicted octanol–water partition coefficient (Wildman–Crippen LogP) is 6.29. The molecule has 0 heteroatoms. The summed E-state index contributed by atoms with van der Waals surface area (Å²) >= 11 is 0. The number of allylic oxidation sites excluding steroid dienone is 10. The Morgan fingerprint density at radius 1 is 1.26 bits per heavy atom. The van der Waals surface area contributed by atoms with E-state index in [9.17, 15) is 0 Å². The lowest BCUT2D eigenvalue weighted by molar-refractivity contribution is 0.782. The third-order valence-electron chi connectivity index (χ3n) is 3.73. The van der Waals surface area contributed by atoms with Crippen molar-refractivity contribution in [1.82, 2.24) is 0 Å². The minimum absolute atomic E-state index is 1.08. The number of hydrogen-bond donors (Lipinski definition) is 0. The molecule has 0 radical (unpaired) electrons. The molecule has 104 valence electrons. The highest BCUT2D eigenvalue weighted by Crippen LogP contribution is 2.29. The molecule has 19 heavy (non-hydrogen) atoms. The standard InChI is InChI=1S/C19H28/c1-5-8-15-19(18-13-10-9-11-14-18)16(4)17(7-3)12-6-2/h6,9-13H,5,7-8,14-15H2,1-4H3/b12-6-,17-16+,19-18-. The van der Waals surface area contributed by atoms with Crippen LogP contribution in [0.4, 0.5) is 0 Å². The van der Waals surface area contributed by atoms with E-state index in [0.717, 1.165) is 12.8 Å². The Balaban J connectivity index is 3.16. The zero-order chi connectivity index (χ0) is 14.1. The fourth-order valence-corrected chi connectivity index (χ4v) is 2.58. The summed E-state index contributed by atoms with van der Waals surface area (Å²) in [4.78, 5) is 0. The van der Waals surface area contributed by atoms with E-state index in [0.29, 0.717) is 0 Å². The highest BCUT2D eigenvalue weighted by atomic mass is 14.1. The Labute approximate surface area is 119 Å². The molecule has 0 heterocycles. The normalized spacial score (nSPS) is 18.9. The number of hydrogen-bond acceptors (Lipinski definition) is 0. The van der Waals surface area contributed by atoms with E-state index >= 15 is 0 Å². The Morgan fingerprint density at radius 3 is 2.58 bits per heavy atom. The van der Waals surface area contributed by atoms with Crippen LogP contribution < -0.4 is 0 Å². The topological polar surface area (TPSA) is 0 Å². The van der Waals surface area contributed by atoms with Gasteiger partial charge in [0.05, 0.1) is 0 Å². The zero-order valence-corrected chi connectivity index (χ0v) is 13.0. The Hall–Kier alpha value is -1.30. The first kappa shape index (κ1) is 15.8. The molecule has 0 unspecified atom stereocenters. The molecule has 0 aromatic rings. The molecule has 1 rings (SSSR count). The summed E-state index contributed by atoms with van der Waals surface area (Å²) in [6.45, 7) is 8.91. The molecule has 1 aliphatic rings. The number of unbranched alkanes of at least 4 members (excludes halogenated alkanes) is 1. The van der Waals surface area contributed by atoms with Crippen molar-refractivity contribution in [3.05, 3.63) is 58.7 Å². The molecule has 0 aromatic heterocycles. The smallest absolute Gasteiger partial charge is 0.00915 e. The molecule has 0 nitrogen and oxygen atoms in total. The van der Waals surface area contributed by atoms with E-state index in [4.69, 9.17) is 0 Å². The molecule has 0 amide bonds. The van der Waals surface area contributed by atoms with Gasteiger partial charge in [-0.1, -0.05) is 56.7 Å². The van der Waals surface area contributed by atoms with Crippen molar-refractivity contribution in [3.63, 3.8) is 0 Å². The quantitative estimate of drug-likeness (QED) is 0.490. The van der Waals surface area contributed by atoms with E-state index in [2.05, 4.69) is 64.2 Å². The van der Waals surface area contributed by atoms with Gasteiger partial charge in [0.1, 0.15) is 0 Å². The second-order valence-corrected chi connectivity index (χ2v) is 5.10. The molecule has 0 aromatic carbocycles. The fraction of sp³-hybridized carbons (Fsp3) is 0.474. The van der Waals surface area contributed by atoms with Crippen LogP contribution >= 0.6 is 0 Å². The van der Waals surface area contributed by atoms with Gasteiger partial charge in [-0.05, 0) is 61.8 Å². The summed E-state index contributed by atoms with van der Waals surface area (Å²) in [5, 5.41) is 0. The van der Waals surface area contributed by atoms with Crippen LogP contribution in [0.1, 0.15) is 59.8 Å². The van der Waals surface area contributed by atoms with Crippen molar-refractivity contribution < 1.29 is 0 Å². The lowest BCUT2D eigenvalue weighted by Gasteiger charge is -2.17. The van der Waals surface area contributed by atoms with Crippen LogP contribution in [0.15, 0.2) is 58.7 Å². The molecule has 0 spiro atoms. The van der Waals surface area contributed by atoms with E-state index in [-0.39, 0.29) is 0 Å². The highest BCUT2D eigenvalue weighted by molar-refractivity contribution is 5.46. The molecule has 0 fully saturated rings. The highest BCUT2D eigenvalue weighted by Gasteiger charge is 2.09. The van der Waals surface area contributed by atoms with E-state index in [1.165, 1.54) is 36.0 Å². The van der Waals surface area contributed by atoms with Crippen LogP contribution in [0, 0.1) is 0 Å². The first-order valence-corrected chi connectivity index (χ1v) is 7.62. The molecular weight excluding hydrogens is 228 g/mol. The maximum Gasteiger partial charge on any atom is -0.00915 e. The maximum atomic E-state index is 2.29. The van der Waals surface area contributed by atoms with Crippen LogP contribution in [0.3, 0.4) is 0 Å². The van der Waals surface area contributed by atoms with Crippen molar-refractivity contribution in [2.45, 2.75) is 59.8 Å². The fourth-order valence-electron chi connectivity index (χ4n) is 2.58. The van der Waals surface area contributed by atoms with Gasteiger partial charge in [-0.15, -0.1) is 0 Å². The second kappa shape index (κ2) is 8.74. The van der Waals surface area contributed by atoms with Crippen molar-refractivity contribution >= 4 is 0 Å². The SMILES string of the molecule is C\C=C/C(CC)=C(C)/C(CCCC)=C1/C=CC=CC1. The first-order chi connectivity index (χ1) is 9.24. The second-order valence-electron chi connectivity index (χ2n) is 5.10. The van der Waals surface area contributed by atoms with Crippen LogP contribution in [-0.4, -0.2) is 0 Å². The molecule has 1 aliphatic carbocycles. The van der Waals surface area contributed by atoms with Crippen LogP contribution in [0.25, 0.3) is 0 Å². The van der Waals surface area contributed by atoms with Crippen molar-refractivity contribution in [3.8, 4) is 0 Å². The molecular formula is C19H28. The molecule has 0 saturated heterocycles. The summed E-state index contributed by atoms with van der Waals surface area (Å²) in [6.07, 6.45) is 19.2. The first-order valence-electron chi connectivity index (χ1n) is 7.62. The largest absolute Gasteiger partial charge is 0.0874 e. The lowest BCUT2D eigenvalue weighted by atomic mass is 9.89. The molecule has 0 atom stereocenters. The van der Waals surface area contributed by atoms with Gasteiger partial charge in [0.2, 0.25) is 0 Å². The summed E-state index contributed by atoms with van der Waals surface area (Å²) < 4.78 is 0. The Morgan fingerprint density at radius 2 is 2.05 bits per heavy atom. The van der Waals surface area contributed by atoms with Crippen molar-refractivity contribution in [2.75, 3.05) is 0 Å². The van der Waals surface area contributed by atoms with Gasteiger partial charge >= 0.3 is 0 Å². The molecule has 0 bridgehead atoms. The number of rotatable bonds is 6.